The number of anilines is 3. The lowest BCUT2D eigenvalue weighted by Gasteiger charge is -2.26. The van der Waals surface area contributed by atoms with Crippen molar-refractivity contribution in [2.45, 2.75) is 38.5 Å². The number of hydrogen-bond donors (Lipinski definition) is 0. The SMILES string of the molecule is CCOC(=O)/C(C#N)=C1/Sc2c(N(CCOC)CCOC)nc(C)nc2N1c1ccc(C(C)C)cc1Br. The summed E-state index contributed by atoms with van der Waals surface area (Å²) in [6.07, 6.45) is 0. The lowest BCUT2D eigenvalue weighted by molar-refractivity contribution is -0.138. The molecule has 2 heterocycles. The van der Waals surface area contributed by atoms with Crippen molar-refractivity contribution < 1.29 is 19.0 Å². The number of aromatic nitrogens is 2. The Morgan fingerprint density at radius 2 is 1.89 bits per heavy atom. The number of ether oxygens (including phenoxy) is 3. The molecule has 1 aromatic carbocycles. The first-order valence-electron chi connectivity index (χ1n) is 12.0. The fraction of sp³-hybridized carbons (Fsp3) is 0.462. The topological polar surface area (TPSA) is 101 Å². The van der Waals surface area contributed by atoms with E-state index in [1.807, 2.05) is 24.0 Å². The molecule has 198 valence electrons. The molecule has 0 saturated heterocycles. The fourth-order valence-electron chi connectivity index (χ4n) is 3.79. The number of halogens is 1. The molecule has 0 saturated carbocycles. The largest absolute Gasteiger partial charge is 0.462 e. The van der Waals surface area contributed by atoms with E-state index in [-0.39, 0.29) is 12.2 Å². The van der Waals surface area contributed by atoms with E-state index >= 15 is 0 Å². The molecule has 2 aromatic rings. The highest BCUT2D eigenvalue weighted by Gasteiger charge is 2.38. The van der Waals surface area contributed by atoms with Gasteiger partial charge < -0.3 is 19.1 Å². The Morgan fingerprint density at radius 1 is 1.22 bits per heavy atom. The quantitative estimate of drug-likeness (QED) is 0.194. The maximum atomic E-state index is 12.9. The first kappa shape index (κ1) is 28.9. The number of esters is 1. The van der Waals surface area contributed by atoms with Gasteiger partial charge in [0.25, 0.3) is 0 Å². The number of fused-ring (bicyclic) bond motifs is 1. The molecule has 1 aliphatic rings. The Labute approximate surface area is 230 Å². The highest BCUT2D eigenvalue weighted by atomic mass is 79.9. The van der Waals surface area contributed by atoms with Crippen molar-refractivity contribution in [1.29, 1.82) is 5.26 Å². The van der Waals surface area contributed by atoms with Crippen LogP contribution in [-0.4, -0.2) is 63.1 Å². The van der Waals surface area contributed by atoms with Crippen LogP contribution in [0.1, 0.15) is 38.1 Å². The maximum absolute atomic E-state index is 12.9. The molecule has 0 N–H and O–H groups in total. The molecule has 0 fully saturated rings. The maximum Gasteiger partial charge on any atom is 0.351 e. The minimum Gasteiger partial charge on any atom is -0.462 e. The monoisotopic (exact) mass is 589 g/mol. The highest BCUT2D eigenvalue weighted by Crippen LogP contribution is 2.54. The van der Waals surface area contributed by atoms with Crippen molar-refractivity contribution in [3.63, 3.8) is 0 Å². The minimum absolute atomic E-state index is 0.0892. The van der Waals surface area contributed by atoms with Gasteiger partial charge in [0.1, 0.15) is 22.7 Å². The number of methoxy groups -OCH3 is 2. The zero-order valence-corrected chi connectivity index (χ0v) is 24.4. The van der Waals surface area contributed by atoms with Gasteiger partial charge in [0, 0.05) is 31.8 Å². The second-order valence-electron chi connectivity index (χ2n) is 8.54. The summed E-state index contributed by atoms with van der Waals surface area (Å²) in [6, 6.07) is 8.13. The van der Waals surface area contributed by atoms with Gasteiger partial charge in [-0.25, -0.2) is 14.8 Å². The molecule has 37 heavy (non-hydrogen) atoms. The number of aryl methyl sites for hydroxylation is 1. The average molecular weight is 591 g/mol. The lowest BCUT2D eigenvalue weighted by Crippen LogP contribution is -2.32. The fourth-order valence-corrected chi connectivity index (χ4v) is 5.56. The van der Waals surface area contributed by atoms with Crippen molar-refractivity contribution in [3.05, 3.63) is 44.7 Å². The van der Waals surface area contributed by atoms with Crippen LogP contribution in [0, 0.1) is 18.3 Å². The van der Waals surface area contributed by atoms with Gasteiger partial charge >= 0.3 is 5.97 Å². The molecule has 0 spiro atoms. The second kappa shape index (κ2) is 13.2. The van der Waals surface area contributed by atoms with Gasteiger partial charge in [-0.2, -0.15) is 5.26 Å². The summed E-state index contributed by atoms with van der Waals surface area (Å²) >= 11 is 5.01. The zero-order chi connectivity index (χ0) is 27.1. The van der Waals surface area contributed by atoms with Gasteiger partial charge in [-0.3, -0.25) is 4.90 Å². The molecule has 1 aliphatic heterocycles. The summed E-state index contributed by atoms with van der Waals surface area (Å²) in [5.41, 5.74) is 1.82. The summed E-state index contributed by atoms with van der Waals surface area (Å²) in [4.78, 5) is 27.0. The van der Waals surface area contributed by atoms with Crippen molar-refractivity contribution in [2.75, 3.05) is 56.9 Å². The van der Waals surface area contributed by atoms with Gasteiger partial charge in [-0.15, -0.1) is 0 Å². The first-order valence-corrected chi connectivity index (χ1v) is 13.6. The standard InChI is InChI=1S/C26H32BrN5O4S/c1-7-36-26(33)19(15-28)25-32(21-9-8-18(16(2)3)14-20(21)27)24-22(37-25)23(29-17(4)30-24)31(10-12-34-5)11-13-35-6/h8-9,14,16H,7,10-13H2,1-6H3/b25-19+. The summed E-state index contributed by atoms with van der Waals surface area (Å²) in [5, 5.41) is 10.5. The molecular formula is C26H32BrN5O4S. The normalized spacial score (nSPS) is 14.0. The number of carbonyl (C=O) groups excluding carboxylic acids is 1. The van der Waals surface area contributed by atoms with Crippen LogP contribution in [0.4, 0.5) is 17.3 Å². The molecule has 0 radical (unpaired) electrons. The van der Waals surface area contributed by atoms with E-state index in [9.17, 15) is 10.1 Å². The molecule has 9 nitrogen and oxygen atoms in total. The van der Waals surface area contributed by atoms with E-state index in [0.29, 0.717) is 54.7 Å². The van der Waals surface area contributed by atoms with Crippen LogP contribution in [0.25, 0.3) is 0 Å². The third-order valence-electron chi connectivity index (χ3n) is 5.67. The average Bonchev–Trinajstić information content (AvgIpc) is 3.22. The summed E-state index contributed by atoms with van der Waals surface area (Å²) in [6.45, 7) is 10.1. The van der Waals surface area contributed by atoms with Gasteiger partial charge in [0.2, 0.25) is 0 Å². The molecular weight excluding hydrogens is 558 g/mol. The summed E-state index contributed by atoms with van der Waals surface area (Å²) < 4.78 is 16.7. The third kappa shape index (κ3) is 6.44. The van der Waals surface area contributed by atoms with Crippen LogP contribution < -0.4 is 9.80 Å². The predicted octanol–water partition coefficient (Wildman–Crippen LogP) is 5.31. The summed E-state index contributed by atoms with van der Waals surface area (Å²) in [5.74, 6) is 1.50. The molecule has 0 amide bonds. The highest BCUT2D eigenvalue weighted by molar-refractivity contribution is 9.10. The molecule has 1 aromatic heterocycles. The predicted molar refractivity (Wildman–Crippen MR) is 148 cm³/mol. The first-order chi connectivity index (χ1) is 17.8. The van der Waals surface area contributed by atoms with Crippen molar-refractivity contribution in [2.24, 2.45) is 0 Å². The van der Waals surface area contributed by atoms with E-state index in [2.05, 4.69) is 46.8 Å². The minimum atomic E-state index is -0.679. The van der Waals surface area contributed by atoms with Crippen LogP contribution in [0.5, 0.6) is 0 Å². The van der Waals surface area contributed by atoms with Crippen LogP contribution in [-0.2, 0) is 19.0 Å². The smallest absolute Gasteiger partial charge is 0.351 e. The van der Waals surface area contributed by atoms with E-state index in [0.717, 1.165) is 20.6 Å². The van der Waals surface area contributed by atoms with Crippen LogP contribution in [0.15, 0.2) is 38.2 Å². The lowest BCUT2D eigenvalue weighted by atomic mass is 10.0. The van der Waals surface area contributed by atoms with Gasteiger partial charge in [-0.05, 0) is 53.4 Å². The Kier molecular flexibility index (Phi) is 10.3. The van der Waals surface area contributed by atoms with E-state index in [4.69, 9.17) is 24.2 Å². The number of rotatable bonds is 11. The molecule has 0 atom stereocenters. The van der Waals surface area contributed by atoms with Gasteiger partial charge in [0.05, 0.1) is 30.4 Å². The van der Waals surface area contributed by atoms with E-state index < -0.39 is 5.97 Å². The Balaban J connectivity index is 2.28. The van der Waals surface area contributed by atoms with Crippen molar-refractivity contribution in [1.82, 2.24) is 9.97 Å². The Bertz CT molecular complexity index is 1210. The number of carbonyl (C=O) groups is 1. The number of benzene rings is 1. The number of nitriles is 1. The third-order valence-corrected chi connectivity index (χ3v) is 7.45. The van der Waals surface area contributed by atoms with Crippen LogP contribution >= 0.6 is 27.7 Å². The Hall–Kier alpha value is -2.65. The summed E-state index contributed by atoms with van der Waals surface area (Å²) in [7, 11) is 3.30. The van der Waals surface area contributed by atoms with Crippen molar-refractivity contribution >= 4 is 51.0 Å². The number of nitrogens with zero attached hydrogens (tertiary/aromatic N) is 5. The number of hydrogen-bond acceptors (Lipinski definition) is 10. The van der Waals surface area contributed by atoms with Crippen molar-refractivity contribution in [3.8, 4) is 6.07 Å². The molecule has 0 aliphatic carbocycles. The van der Waals surface area contributed by atoms with Crippen LogP contribution in [0.3, 0.4) is 0 Å². The van der Waals surface area contributed by atoms with Crippen LogP contribution in [0.2, 0.25) is 0 Å². The second-order valence-corrected chi connectivity index (χ2v) is 10.4. The number of thioether (sulfide) groups is 1. The molecule has 3 rings (SSSR count). The van der Waals surface area contributed by atoms with Gasteiger partial charge in [-0.1, -0.05) is 31.7 Å². The zero-order valence-electron chi connectivity index (χ0n) is 22.0. The molecule has 0 bridgehead atoms. The van der Waals surface area contributed by atoms with E-state index in [1.54, 1.807) is 21.1 Å². The molecule has 11 heteroatoms. The Morgan fingerprint density at radius 3 is 2.43 bits per heavy atom. The molecule has 0 unspecified atom stereocenters. The van der Waals surface area contributed by atoms with Gasteiger partial charge in [0.15, 0.2) is 11.4 Å². The van der Waals surface area contributed by atoms with E-state index in [1.165, 1.54) is 11.8 Å².